The first-order valence-corrected chi connectivity index (χ1v) is 9.94. The van der Waals surface area contributed by atoms with E-state index in [1.165, 1.54) is 18.2 Å². The van der Waals surface area contributed by atoms with E-state index in [-0.39, 0.29) is 10.6 Å². The molecular weight excluding hydrogens is 368 g/mol. The molecule has 0 saturated heterocycles. The Balaban J connectivity index is 2.08. The molecule has 0 aliphatic heterocycles. The smallest absolute Gasteiger partial charge is 0.324 e. The van der Waals surface area contributed by atoms with Gasteiger partial charge in [-0.2, -0.15) is 0 Å². The first kappa shape index (κ1) is 18.8. The molecule has 0 saturated carbocycles. The van der Waals surface area contributed by atoms with Crippen molar-refractivity contribution in [1.82, 2.24) is 0 Å². The molecule has 0 fully saturated rings. The number of carbonyl (C=O) groups excluding carboxylic acids is 1. The van der Waals surface area contributed by atoms with Gasteiger partial charge in [0.05, 0.1) is 15.7 Å². The molecule has 2 rings (SSSR count). The van der Waals surface area contributed by atoms with Crippen LogP contribution in [-0.2, 0) is 30.2 Å². The number of hydrogen-bond donors (Lipinski definition) is 1. The minimum atomic E-state index is -4.03. The molecule has 2 aromatic rings. The Morgan fingerprint density at radius 2 is 1.72 bits per heavy atom. The number of sulfone groups is 1. The van der Waals surface area contributed by atoms with E-state index < -0.39 is 44.1 Å². The van der Waals surface area contributed by atoms with Crippen molar-refractivity contribution in [2.75, 3.05) is 11.5 Å². The third-order valence-electron chi connectivity index (χ3n) is 2.96. The fourth-order valence-corrected chi connectivity index (χ4v) is 3.87. The zero-order valence-electron chi connectivity index (χ0n) is 12.8. The van der Waals surface area contributed by atoms with E-state index in [4.69, 9.17) is 9.84 Å². The molecule has 9 heteroatoms. The second-order valence-electron chi connectivity index (χ2n) is 4.90. The second-order valence-corrected chi connectivity index (χ2v) is 8.35. The lowest BCUT2D eigenvalue weighted by atomic mass is 10.3. The molecule has 0 bridgehead atoms. The van der Waals surface area contributed by atoms with Gasteiger partial charge in [0.25, 0.3) is 0 Å². The monoisotopic (exact) mass is 382 g/mol. The van der Waals surface area contributed by atoms with Crippen molar-refractivity contribution in [2.45, 2.75) is 9.79 Å². The SMILES string of the molecule is O=C(O)CS(=O)(=O)c1cccc(OC(=O)CS(=O)c2ccccc2)c1. The van der Waals surface area contributed by atoms with Crippen LogP contribution in [0.15, 0.2) is 64.4 Å². The van der Waals surface area contributed by atoms with Gasteiger partial charge in [-0.1, -0.05) is 24.3 Å². The fourth-order valence-electron chi connectivity index (χ4n) is 1.90. The highest BCUT2D eigenvalue weighted by molar-refractivity contribution is 7.92. The summed E-state index contributed by atoms with van der Waals surface area (Å²) in [6.07, 6.45) is 0. The average Bonchev–Trinajstić information content (AvgIpc) is 2.54. The lowest BCUT2D eigenvalue weighted by Crippen LogP contribution is -2.18. The summed E-state index contributed by atoms with van der Waals surface area (Å²) in [5, 5.41) is 8.63. The van der Waals surface area contributed by atoms with Crippen molar-refractivity contribution >= 4 is 32.6 Å². The standard InChI is InChI=1S/C16H14O7S2/c17-15(18)11-25(21,22)14-8-4-5-12(9-14)23-16(19)10-24(20)13-6-2-1-3-7-13/h1-9H,10-11H2,(H,17,18). The Bertz CT molecular complexity index is 905. The number of hydrogen-bond acceptors (Lipinski definition) is 6. The van der Waals surface area contributed by atoms with Gasteiger partial charge >= 0.3 is 11.9 Å². The van der Waals surface area contributed by atoms with Crippen LogP contribution in [0.4, 0.5) is 0 Å². The summed E-state index contributed by atoms with van der Waals surface area (Å²) in [6, 6.07) is 13.3. The molecule has 1 unspecified atom stereocenters. The van der Waals surface area contributed by atoms with Crippen LogP contribution in [0.3, 0.4) is 0 Å². The minimum Gasteiger partial charge on any atom is -0.480 e. The summed E-state index contributed by atoms with van der Waals surface area (Å²) in [4.78, 5) is 22.7. The molecule has 0 radical (unpaired) electrons. The highest BCUT2D eigenvalue weighted by Crippen LogP contribution is 2.19. The van der Waals surface area contributed by atoms with Crippen molar-refractivity contribution in [1.29, 1.82) is 0 Å². The molecule has 132 valence electrons. The topological polar surface area (TPSA) is 115 Å². The number of carboxylic acids is 1. The Kier molecular flexibility index (Phi) is 6.05. The number of esters is 1. The summed E-state index contributed by atoms with van der Waals surface area (Å²) in [5.41, 5.74) is 0. The van der Waals surface area contributed by atoms with Gasteiger partial charge in [0.2, 0.25) is 0 Å². The van der Waals surface area contributed by atoms with Crippen LogP contribution in [0, 0.1) is 0 Å². The molecule has 1 atom stereocenters. The van der Waals surface area contributed by atoms with Crippen LogP contribution in [0.5, 0.6) is 5.75 Å². The van der Waals surface area contributed by atoms with Crippen LogP contribution in [0.1, 0.15) is 0 Å². The molecule has 0 aromatic heterocycles. The lowest BCUT2D eigenvalue weighted by molar-refractivity contribution is -0.134. The number of benzene rings is 2. The largest absolute Gasteiger partial charge is 0.480 e. The van der Waals surface area contributed by atoms with Crippen LogP contribution < -0.4 is 4.74 Å². The third-order valence-corrected chi connectivity index (χ3v) is 5.86. The van der Waals surface area contributed by atoms with E-state index in [9.17, 15) is 22.2 Å². The highest BCUT2D eigenvalue weighted by atomic mass is 32.2. The predicted octanol–water partition coefficient (Wildman–Crippen LogP) is 1.26. The fraction of sp³-hybridized carbons (Fsp3) is 0.125. The average molecular weight is 382 g/mol. The van der Waals surface area contributed by atoms with Gasteiger partial charge in [-0.3, -0.25) is 13.8 Å². The van der Waals surface area contributed by atoms with E-state index in [0.29, 0.717) is 4.90 Å². The van der Waals surface area contributed by atoms with E-state index in [1.807, 2.05) is 0 Å². The Morgan fingerprint density at radius 3 is 2.36 bits per heavy atom. The van der Waals surface area contributed by atoms with Crippen LogP contribution in [0.25, 0.3) is 0 Å². The number of aliphatic carboxylic acids is 1. The summed E-state index contributed by atoms with van der Waals surface area (Å²) in [6.45, 7) is 0. The van der Waals surface area contributed by atoms with Gasteiger partial charge in [0.15, 0.2) is 15.6 Å². The number of rotatable bonds is 7. The maximum atomic E-state index is 12.0. The minimum absolute atomic E-state index is 0.0680. The van der Waals surface area contributed by atoms with Crippen LogP contribution >= 0.6 is 0 Å². The molecule has 0 amide bonds. The first-order chi connectivity index (χ1) is 11.8. The van der Waals surface area contributed by atoms with Crippen molar-refractivity contribution in [3.05, 3.63) is 54.6 Å². The van der Waals surface area contributed by atoms with Crippen molar-refractivity contribution in [3.8, 4) is 5.75 Å². The molecule has 2 aromatic carbocycles. The Hall–Kier alpha value is -2.52. The number of carboxylic acid groups (broad SMARTS) is 1. The maximum Gasteiger partial charge on any atom is 0.324 e. The third kappa shape index (κ3) is 5.50. The molecule has 1 N–H and O–H groups in total. The van der Waals surface area contributed by atoms with Crippen molar-refractivity contribution < 1.29 is 32.1 Å². The van der Waals surface area contributed by atoms with Gasteiger partial charge in [-0.25, -0.2) is 8.42 Å². The van der Waals surface area contributed by atoms with E-state index in [1.54, 1.807) is 30.3 Å². The van der Waals surface area contributed by atoms with E-state index >= 15 is 0 Å². The van der Waals surface area contributed by atoms with Gasteiger partial charge in [0, 0.05) is 4.90 Å². The summed E-state index contributed by atoms with van der Waals surface area (Å²) < 4.78 is 40.8. The Morgan fingerprint density at radius 1 is 1.04 bits per heavy atom. The second kappa shape index (κ2) is 8.04. The zero-order valence-corrected chi connectivity index (χ0v) is 14.5. The summed E-state index contributed by atoms with van der Waals surface area (Å²) in [5.74, 6) is -3.81. The number of carbonyl (C=O) groups is 2. The van der Waals surface area contributed by atoms with Crippen molar-refractivity contribution in [2.24, 2.45) is 0 Å². The molecule has 25 heavy (non-hydrogen) atoms. The van der Waals surface area contributed by atoms with Crippen LogP contribution in [-0.4, -0.2) is 41.2 Å². The zero-order chi connectivity index (χ0) is 18.4. The molecule has 0 aliphatic carbocycles. The molecule has 7 nitrogen and oxygen atoms in total. The van der Waals surface area contributed by atoms with E-state index in [2.05, 4.69) is 0 Å². The highest BCUT2D eigenvalue weighted by Gasteiger charge is 2.20. The number of ether oxygens (including phenoxy) is 1. The molecule has 0 spiro atoms. The normalized spacial score (nSPS) is 12.3. The van der Waals surface area contributed by atoms with Gasteiger partial charge in [0.1, 0.15) is 11.5 Å². The van der Waals surface area contributed by atoms with Gasteiger partial charge in [-0.05, 0) is 30.3 Å². The lowest BCUT2D eigenvalue weighted by Gasteiger charge is -2.07. The van der Waals surface area contributed by atoms with E-state index in [0.717, 1.165) is 6.07 Å². The molecule has 0 heterocycles. The van der Waals surface area contributed by atoms with Gasteiger partial charge < -0.3 is 9.84 Å². The quantitative estimate of drug-likeness (QED) is 0.566. The summed E-state index contributed by atoms with van der Waals surface area (Å²) in [7, 11) is -5.62. The van der Waals surface area contributed by atoms with Crippen LogP contribution in [0.2, 0.25) is 0 Å². The predicted molar refractivity (Wildman–Crippen MR) is 89.5 cm³/mol. The summed E-state index contributed by atoms with van der Waals surface area (Å²) >= 11 is 0. The Labute approximate surface area is 146 Å². The van der Waals surface area contributed by atoms with Crippen molar-refractivity contribution in [3.63, 3.8) is 0 Å². The molecule has 0 aliphatic rings. The molecular formula is C16H14O7S2. The first-order valence-electron chi connectivity index (χ1n) is 6.96. The van der Waals surface area contributed by atoms with Gasteiger partial charge in [-0.15, -0.1) is 0 Å². The maximum absolute atomic E-state index is 12.0.